The highest BCUT2D eigenvalue weighted by Crippen LogP contribution is 2.39. The van der Waals surface area contributed by atoms with Crippen molar-refractivity contribution in [3.63, 3.8) is 0 Å². The van der Waals surface area contributed by atoms with E-state index < -0.39 is 23.8 Å². The van der Waals surface area contributed by atoms with E-state index in [9.17, 15) is 9.59 Å². The van der Waals surface area contributed by atoms with Crippen LogP contribution in [0.15, 0.2) is 24.3 Å². The quantitative estimate of drug-likeness (QED) is 0.581. The van der Waals surface area contributed by atoms with Gasteiger partial charge in [-0.05, 0) is 6.07 Å². The van der Waals surface area contributed by atoms with E-state index in [1.165, 1.54) is 7.11 Å². The van der Waals surface area contributed by atoms with Crippen molar-refractivity contribution in [3.05, 3.63) is 29.8 Å². The van der Waals surface area contributed by atoms with Gasteiger partial charge in [-0.1, -0.05) is 18.2 Å². The molecule has 0 saturated heterocycles. The van der Waals surface area contributed by atoms with Gasteiger partial charge in [-0.15, -0.1) is 0 Å². The minimum absolute atomic E-state index is 0.0131. The molecule has 1 aromatic rings. The van der Waals surface area contributed by atoms with E-state index in [1.807, 2.05) is 6.07 Å². The van der Waals surface area contributed by atoms with Gasteiger partial charge in [-0.3, -0.25) is 9.59 Å². The molecule has 18 heavy (non-hydrogen) atoms. The van der Waals surface area contributed by atoms with Gasteiger partial charge in [-0.2, -0.15) is 5.26 Å². The van der Waals surface area contributed by atoms with Crippen LogP contribution in [0.5, 0.6) is 5.75 Å². The summed E-state index contributed by atoms with van der Waals surface area (Å²) < 4.78 is 9.66. The molecular formula is C13H11NO4. The molecule has 1 aliphatic heterocycles. The molecule has 1 aliphatic rings. The molecule has 5 heteroatoms. The Balaban J connectivity index is 2.41. The zero-order valence-corrected chi connectivity index (χ0v) is 9.75. The summed E-state index contributed by atoms with van der Waals surface area (Å²) in [4.78, 5) is 23.0. The van der Waals surface area contributed by atoms with Crippen molar-refractivity contribution >= 4 is 11.9 Å². The summed E-state index contributed by atoms with van der Waals surface area (Å²) >= 11 is 0. The number of benzene rings is 1. The normalized spacial score (nSPS) is 21.4. The van der Waals surface area contributed by atoms with Gasteiger partial charge in [0.05, 0.1) is 19.6 Å². The second-order valence-electron chi connectivity index (χ2n) is 3.95. The molecule has 2 atom stereocenters. The Hall–Kier alpha value is -2.35. The lowest BCUT2D eigenvalue weighted by Crippen LogP contribution is -2.32. The Kier molecular flexibility index (Phi) is 3.28. The smallest absolute Gasteiger partial charge is 0.329 e. The molecule has 92 valence electrons. The SMILES string of the molecule is COC(=O)C[C@@H]1c2ccccc2OC(=O)[C@@H]1C#N. The van der Waals surface area contributed by atoms with E-state index in [1.54, 1.807) is 24.3 Å². The van der Waals surface area contributed by atoms with Crippen molar-refractivity contribution in [2.24, 2.45) is 5.92 Å². The third-order valence-corrected chi connectivity index (χ3v) is 2.94. The number of methoxy groups -OCH3 is 1. The molecular weight excluding hydrogens is 234 g/mol. The summed E-state index contributed by atoms with van der Waals surface area (Å²) in [5.74, 6) is -2.16. The maximum Gasteiger partial charge on any atom is 0.329 e. The van der Waals surface area contributed by atoms with Gasteiger partial charge in [0.2, 0.25) is 0 Å². The molecule has 0 fully saturated rings. The predicted octanol–water partition coefficient (Wildman–Crippen LogP) is 1.39. The molecule has 1 heterocycles. The van der Waals surface area contributed by atoms with Crippen LogP contribution in [0.1, 0.15) is 17.9 Å². The Morgan fingerprint density at radius 1 is 1.50 bits per heavy atom. The summed E-state index contributed by atoms with van der Waals surface area (Å²) in [5, 5.41) is 9.04. The van der Waals surface area contributed by atoms with Crippen LogP contribution in [0.4, 0.5) is 0 Å². The largest absolute Gasteiger partial charge is 0.469 e. The average Bonchev–Trinajstić information content (AvgIpc) is 2.38. The number of hydrogen-bond acceptors (Lipinski definition) is 5. The van der Waals surface area contributed by atoms with Crippen molar-refractivity contribution in [1.82, 2.24) is 0 Å². The summed E-state index contributed by atoms with van der Waals surface area (Å²) in [6.07, 6.45) is -0.0131. The minimum atomic E-state index is -0.973. The molecule has 5 nitrogen and oxygen atoms in total. The number of rotatable bonds is 2. The van der Waals surface area contributed by atoms with Crippen LogP contribution in [0.3, 0.4) is 0 Å². The van der Waals surface area contributed by atoms with Crippen LogP contribution in [0.25, 0.3) is 0 Å². The fourth-order valence-corrected chi connectivity index (χ4v) is 2.03. The number of carbonyl (C=O) groups excluding carboxylic acids is 2. The molecule has 0 bridgehead atoms. The van der Waals surface area contributed by atoms with Crippen LogP contribution < -0.4 is 4.74 Å². The zero-order valence-electron chi connectivity index (χ0n) is 9.75. The first-order valence-corrected chi connectivity index (χ1v) is 5.44. The zero-order chi connectivity index (χ0) is 13.1. The van der Waals surface area contributed by atoms with Gasteiger partial charge in [0.1, 0.15) is 5.75 Å². The van der Waals surface area contributed by atoms with E-state index in [-0.39, 0.29) is 6.42 Å². The van der Waals surface area contributed by atoms with Crippen molar-refractivity contribution in [1.29, 1.82) is 5.26 Å². The number of hydrogen-bond donors (Lipinski definition) is 0. The molecule has 0 amide bonds. The lowest BCUT2D eigenvalue weighted by Gasteiger charge is -2.27. The first-order valence-electron chi connectivity index (χ1n) is 5.44. The van der Waals surface area contributed by atoms with E-state index in [0.29, 0.717) is 11.3 Å². The second kappa shape index (κ2) is 4.88. The van der Waals surface area contributed by atoms with Gasteiger partial charge in [0.15, 0.2) is 5.92 Å². The van der Waals surface area contributed by atoms with Crippen molar-refractivity contribution in [3.8, 4) is 11.8 Å². The molecule has 0 spiro atoms. The third kappa shape index (κ3) is 2.05. The van der Waals surface area contributed by atoms with Crippen molar-refractivity contribution < 1.29 is 19.1 Å². The van der Waals surface area contributed by atoms with Crippen LogP contribution in [-0.4, -0.2) is 19.0 Å². The number of ether oxygens (including phenoxy) is 2. The highest BCUT2D eigenvalue weighted by atomic mass is 16.5. The molecule has 2 rings (SSSR count). The molecule has 0 radical (unpaired) electrons. The lowest BCUT2D eigenvalue weighted by molar-refractivity contribution is -0.143. The van der Waals surface area contributed by atoms with E-state index in [0.717, 1.165) is 0 Å². The average molecular weight is 245 g/mol. The molecule has 0 unspecified atom stereocenters. The molecule has 0 aliphatic carbocycles. The number of fused-ring (bicyclic) bond motifs is 1. The summed E-state index contributed by atoms with van der Waals surface area (Å²) in [6, 6.07) is 8.79. The maximum atomic E-state index is 11.7. The summed E-state index contributed by atoms with van der Waals surface area (Å²) in [7, 11) is 1.27. The summed E-state index contributed by atoms with van der Waals surface area (Å²) in [6.45, 7) is 0. The Morgan fingerprint density at radius 3 is 2.89 bits per heavy atom. The van der Waals surface area contributed by atoms with Crippen LogP contribution in [0, 0.1) is 17.2 Å². The number of esters is 2. The highest BCUT2D eigenvalue weighted by molar-refractivity contribution is 5.83. The van der Waals surface area contributed by atoms with Gasteiger partial charge in [0.25, 0.3) is 0 Å². The van der Waals surface area contributed by atoms with Crippen LogP contribution >= 0.6 is 0 Å². The van der Waals surface area contributed by atoms with Gasteiger partial charge >= 0.3 is 11.9 Å². The number of nitrogens with zero attached hydrogens (tertiary/aromatic N) is 1. The van der Waals surface area contributed by atoms with Crippen LogP contribution in [0.2, 0.25) is 0 Å². The number of para-hydroxylation sites is 1. The monoisotopic (exact) mass is 245 g/mol. The highest BCUT2D eigenvalue weighted by Gasteiger charge is 2.39. The van der Waals surface area contributed by atoms with Crippen molar-refractivity contribution in [2.75, 3.05) is 7.11 Å². The fraction of sp³-hybridized carbons (Fsp3) is 0.308. The minimum Gasteiger partial charge on any atom is -0.469 e. The molecule has 0 N–H and O–H groups in total. The fourth-order valence-electron chi connectivity index (χ4n) is 2.03. The number of carbonyl (C=O) groups is 2. The van der Waals surface area contributed by atoms with Crippen LogP contribution in [-0.2, 0) is 14.3 Å². The summed E-state index contributed by atoms with van der Waals surface area (Å²) in [5.41, 5.74) is 0.689. The van der Waals surface area contributed by atoms with Gasteiger partial charge in [0, 0.05) is 11.5 Å². The predicted molar refractivity (Wildman–Crippen MR) is 60.6 cm³/mol. The molecule has 1 aromatic carbocycles. The van der Waals surface area contributed by atoms with Gasteiger partial charge in [-0.25, -0.2) is 0 Å². The van der Waals surface area contributed by atoms with E-state index >= 15 is 0 Å². The first kappa shape index (κ1) is 12.1. The van der Waals surface area contributed by atoms with E-state index in [2.05, 4.69) is 4.74 Å². The van der Waals surface area contributed by atoms with E-state index in [4.69, 9.17) is 10.00 Å². The number of nitriles is 1. The second-order valence-corrected chi connectivity index (χ2v) is 3.95. The van der Waals surface area contributed by atoms with Crippen molar-refractivity contribution in [2.45, 2.75) is 12.3 Å². The first-order chi connectivity index (χ1) is 8.67. The Labute approximate surface area is 104 Å². The maximum absolute atomic E-state index is 11.7. The standard InChI is InChI=1S/C13H11NO4/c1-17-12(15)6-9-8-4-2-3-5-11(8)18-13(16)10(9)7-14/h2-5,9-10H,6H2,1H3/t9-,10-/m1/s1. The molecule has 0 aromatic heterocycles. The Bertz CT molecular complexity index is 532. The third-order valence-electron chi connectivity index (χ3n) is 2.94. The molecule has 0 saturated carbocycles. The van der Waals surface area contributed by atoms with Gasteiger partial charge < -0.3 is 9.47 Å². The Morgan fingerprint density at radius 2 is 2.22 bits per heavy atom. The lowest BCUT2D eigenvalue weighted by atomic mass is 9.82. The topological polar surface area (TPSA) is 76.4 Å².